The van der Waals surface area contributed by atoms with Gasteiger partial charge in [-0.05, 0) is 37.1 Å². The van der Waals surface area contributed by atoms with Gasteiger partial charge < -0.3 is 14.8 Å². The lowest BCUT2D eigenvalue weighted by Crippen LogP contribution is -2.49. The Bertz CT molecular complexity index is 1070. The monoisotopic (exact) mass is 449 g/mol. The number of non-ortho nitro benzene ring substituents is 1. The minimum absolute atomic E-state index is 0.100. The van der Waals surface area contributed by atoms with Gasteiger partial charge in [-0.1, -0.05) is 6.42 Å². The topological polar surface area (TPSA) is 128 Å². The number of rotatable bonds is 7. The van der Waals surface area contributed by atoms with E-state index in [1.54, 1.807) is 18.2 Å². The van der Waals surface area contributed by atoms with Gasteiger partial charge in [0.15, 0.2) is 0 Å². The van der Waals surface area contributed by atoms with Gasteiger partial charge in [-0.25, -0.2) is 8.42 Å². The van der Waals surface area contributed by atoms with E-state index < -0.39 is 26.9 Å². The molecule has 1 atom stereocenters. The molecule has 2 aromatic carbocycles. The van der Waals surface area contributed by atoms with Crippen molar-refractivity contribution in [1.29, 1.82) is 0 Å². The molecule has 1 aliphatic heterocycles. The Morgan fingerprint density at radius 2 is 1.84 bits per heavy atom. The summed E-state index contributed by atoms with van der Waals surface area (Å²) in [6.07, 6.45) is 1.66. The number of carbonyl (C=O) groups excluding carboxylic acids is 1. The molecule has 3 rings (SSSR count). The van der Waals surface area contributed by atoms with Crippen LogP contribution in [0.15, 0.2) is 47.4 Å². The summed E-state index contributed by atoms with van der Waals surface area (Å²) in [5.41, 5.74) is 0.155. The highest BCUT2D eigenvalue weighted by molar-refractivity contribution is 7.89. The molecule has 31 heavy (non-hydrogen) atoms. The predicted molar refractivity (Wildman–Crippen MR) is 113 cm³/mol. The first kappa shape index (κ1) is 22.5. The van der Waals surface area contributed by atoms with Gasteiger partial charge in [0.2, 0.25) is 15.9 Å². The van der Waals surface area contributed by atoms with Gasteiger partial charge in [0.05, 0.1) is 29.7 Å². The lowest BCUT2D eigenvalue weighted by molar-refractivity contribution is -0.384. The second-order valence-corrected chi connectivity index (χ2v) is 8.82. The Hall–Kier alpha value is -3.18. The van der Waals surface area contributed by atoms with Crippen LogP contribution in [0, 0.1) is 10.1 Å². The molecule has 0 spiro atoms. The van der Waals surface area contributed by atoms with Crippen molar-refractivity contribution in [2.45, 2.75) is 30.2 Å². The number of nitrogens with zero attached hydrogens (tertiary/aromatic N) is 2. The molecular weight excluding hydrogens is 426 g/mol. The number of carbonyl (C=O) groups is 1. The highest BCUT2D eigenvalue weighted by Gasteiger charge is 2.38. The molecule has 0 unspecified atom stereocenters. The Morgan fingerprint density at radius 3 is 2.45 bits per heavy atom. The molecule has 1 N–H and O–H groups in total. The summed E-state index contributed by atoms with van der Waals surface area (Å²) in [6, 6.07) is 8.62. The van der Waals surface area contributed by atoms with Crippen LogP contribution in [0.2, 0.25) is 0 Å². The first-order valence-electron chi connectivity index (χ1n) is 9.57. The largest absolute Gasteiger partial charge is 0.497 e. The number of amides is 1. The quantitative estimate of drug-likeness (QED) is 0.508. The molecule has 11 heteroatoms. The zero-order valence-corrected chi connectivity index (χ0v) is 17.9. The average molecular weight is 449 g/mol. The molecular formula is C20H23N3O7S. The van der Waals surface area contributed by atoms with Crippen molar-refractivity contribution in [3.8, 4) is 11.5 Å². The molecule has 1 heterocycles. The smallest absolute Gasteiger partial charge is 0.269 e. The Balaban J connectivity index is 1.88. The minimum Gasteiger partial charge on any atom is -0.497 e. The number of ether oxygens (including phenoxy) is 2. The third-order valence-corrected chi connectivity index (χ3v) is 7.00. The molecule has 2 aromatic rings. The number of nitro benzene ring substituents is 1. The molecule has 166 valence electrons. The number of piperidine rings is 1. The molecule has 0 saturated carbocycles. The molecule has 1 aliphatic rings. The van der Waals surface area contributed by atoms with Gasteiger partial charge in [-0.3, -0.25) is 14.9 Å². The van der Waals surface area contributed by atoms with Crippen molar-refractivity contribution < 1.29 is 27.6 Å². The van der Waals surface area contributed by atoms with Crippen LogP contribution in [0.5, 0.6) is 11.5 Å². The Morgan fingerprint density at radius 1 is 1.13 bits per heavy atom. The van der Waals surface area contributed by atoms with Crippen LogP contribution in [-0.4, -0.2) is 50.4 Å². The van der Waals surface area contributed by atoms with Crippen LogP contribution >= 0.6 is 0 Å². The summed E-state index contributed by atoms with van der Waals surface area (Å²) < 4.78 is 38.0. The van der Waals surface area contributed by atoms with Crippen LogP contribution in [0.25, 0.3) is 0 Å². The van der Waals surface area contributed by atoms with Gasteiger partial charge >= 0.3 is 0 Å². The van der Waals surface area contributed by atoms with Crippen molar-refractivity contribution in [3.63, 3.8) is 0 Å². The van der Waals surface area contributed by atoms with Crippen LogP contribution in [-0.2, 0) is 14.8 Å². The number of nitro groups is 1. The Labute approximate surface area is 180 Å². The number of hydrogen-bond acceptors (Lipinski definition) is 7. The summed E-state index contributed by atoms with van der Waals surface area (Å²) in [5.74, 6) is 0.432. The molecule has 1 amide bonds. The first-order valence-corrected chi connectivity index (χ1v) is 11.0. The zero-order valence-electron chi connectivity index (χ0n) is 17.1. The fraction of sp³-hybridized carbons (Fsp3) is 0.350. The van der Waals surface area contributed by atoms with Gasteiger partial charge in [-0.2, -0.15) is 4.31 Å². The van der Waals surface area contributed by atoms with E-state index in [1.807, 2.05) is 0 Å². The fourth-order valence-electron chi connectivity index (χ4n) is 3.46. The van der Waals surface area contributed by atoms with Crippen molar-refractivity contribution >= 4 is 27.3 Å². The van der Waals surface area contributed by atoms with Crippen LogP contribution in [0.3, 0.4) is 0 Å². The fourth-order valence-corrected chi connectivity index (χ4v) is 5.11. The maximum atomic E-state index is 13.2. The van der Waals surface area contributed by atoms with E-state index in [9.17, 15) is 23.3 Å². The molecule has 1 saturated heterocycles. The second kappa shape index (κ2) is 9.31. The number of methoxy groups -OCH3 is 2. The van der Waals surface area contributed by atoms with Crippen molar-refractivity contribution in [2.24, 2.45) is 0 Å². The number of benzene rings is 2. The van der Waals surface area contributed by atoms with E-state index in [1.165, 1.54) is 26.4 Å². The van der Waals surface area contributed by atoms with Gasteiger partial charge in [0, 0.05) is 24.7 Å². The third kappa shape index (κ3) is 4.78. The molecule has 0 bridgehead atoms. The standard InChI is InChI=1S/C20H23N3O7S/c1-29-15-8-11-19(30-2)17(13-15)21-20(24)18-5-3-4-12-22(18)31(27,28)16-9-6-14(7-10-16)23(25)26/h6-11,13,18H,3-5,12H2,1-2H3,(H,21,24)/t18-/m1/s1. The van der Waals surface area contributed by atoms with E-state index in [0.29, 0.717) is 36.4 Å². The van der Waals surface area contributed by atoms with Gasteiger partial charge in [-0.15, -0.1) is 0 Å². The summed E-state index contributed by atoms with van der Waals surface area (Å²) in [6.45, 7) is 0.173. The van der Waals surface area contributed by atoms with Crippen LogP contribution in [0.4, 0.5) is 11.4 Å². The van der Waals surface area contributed by atoms with E-state index in [4.69, 9.17) is 9.47 Å². The van der Waals surface area contributed by atoms with Crippen molar-refractivity contribution in [2.75, 3.05) is 26.1 Å². The van der Waals surface area contributed by atoms with Gasteiger partial charge in [0.1, 0.15) is 17.5 Å². The van der Waals surface area contributed by atoms with Gasteiger partial charge in [0.25, 0.3) is 5.69 Å². The zero-order chi connectivity index (χ0) is 22.6. The predicted octanol–water partition coefficient (Wildman–Crippen LogP) is 2.79. The molecule has 0 radical (unpaired) electrons. The highest BCUT2D eigenvalue weighted by atomic mass is 32.2. The minimum atomic E-state index is -4.03. The van der Waals surface area contributed by atoms with E-state index in [2.05, 4.69) is 5.32 Å². The highest BCUT2D eigenvalue weighted by Crippen LogP contribution is 2.31. The second-order valence-electron chi connectivity index (χ2n) is 6.93. The first-order chi connectivity index (χ1) is 14.8. The lowest BCUT2D eigenvalue weighted by atomic mass is 10.0. The summed E-state index contributed by atoms with van der Waals surface area (Å²) in [7, 11) is -1.07. The summed E-state index contributed by atoms with van der Waals surface area (Å²) >= 11 is 0. The van der Waals surface area contributed by atoms with Crippen LogP contribution < -0.4 is 14.8 Å². The van der Waals surface area contributed by atoms with Crippen LogP contribution in [0.1, 0.15) is 19.3 Å². The third-order valence-electron chi connectivity index (χ3n) is 5.07. The summed E-state index contributed by atoms with van der Waals surface area (Å²) in [4.78, 5) is 23.2. The lowest BCUT2D eigenvalue weighted by Gasteiger charge is -2.33. The van der Waals surface area contributed by atoms with E-state index >= 15 is 0 Å². The van der Waals surface area contributed by atoms with E-state index in [0.717, 1.165) is 16.4 Å². The Kier molecular flexibility index (Phi) is 6.76. The average Bonchev–Trinajstić information content (AvgIpc) is 2.79. The van der Waals surface area contributed by atoms with Crippen molar-refractivity contribution in [1.82, 2.24) is 4.31 Å². The SMILES string of the molecule is COc1ccc(OC)c(NC(=O)[C@H]2CCCCN2S(=O)(=O)c2ccc([N+](=O)[O-])cc2)c1. The van der Waals surface area contributed by atoms with Crippen molar-refractivity contribution in [3.05, 3.63) is 52.6 Å². The summed E-state index contributed by atoms with van der Waals surface area (Å²) in [5, 5.41) is 13.6. The number of nitrogens with one attached hydrogen (secondary N) is 1. The molecule has 1 fully saturated rings. The maximum absolute atomic E-state index is 13.2. The molecule has 0 aliphatic carbocycles. The van der Waals surface area contributed by atoms with E-state index in [-0.39, 0.29) is 17.1 Å². The molecule has 10 nitrogen and oxygen atoms in total. The number of sulfonamides is 1. The number of hydrogen-bond donors (Lipinski definition) is 1. The normalized spacial score (nSPS) is 17.0. The molecule has 0 aromatic heterocycles. The number of anilines is 1. The maximum Gasteiger partial charge on any atom is 0.269 e.